The molecule has 36 heavy (non-hydrogen) atoms. The minimum Gasteiger partial charge on any atom is -0.385 e. The quantitative estimate of drug-likeness (QED) is 0.350. The first-order chi connectivity index (χ1) is 17.6. The van der Waals surface area contributed by atoms with Crippen molar-refractivity contribution in [3.63, 3.8) is 0 Å². The molecule has 0 unspecified atom stereocenters. The number of hydrogen-bond acceptors (Lipinski definition) is 6. The molecule has 0 aliphatic carbocycles. The molecule has 3 aromatic heterocycles. The van der Waals surface area contributed by atoms with Gasteiger partial charge in [0.15, 0.2) is 5.65 Å². The molecule has 0 saturated carbocycles. The highest BCUT2D eigenvalue weighted by Gasteiger charge is 2.18. The van der Waals surface area contributed by atoms with Gasteiger partial charge in [0.05, 0.1) is 17.2 Å². The lowest BCUT2D eigenvalue weighted by atomic mass is 10.1. The monoisotopic (exact) mass is 478 g/mol. The molecule has 9 heteroatoms. The second-order valence-electron chi connectivity index (χ2n) is 8.25. The summed E-state index contributed by atoms with van der Waals surface area (Å²) >= 11 is 0. The zero-order valence-electron chi connectivity index (χ0n) is 19.5. The van der Waals surface area contributed by atoms with Gasteiger partial charge < -0.3 is 4.74 Å². The predicted octanol–water partition coefficient (Wildman–Crippen LogP) is 4.23. The van der Waals surface area contributed by atoms with Crippen LogP contribution in [0.4, 0.5) is 5.95 Å². The molecule has 0 fully saturated rings. The zero-order valence-corrected chi connectivity index (χ0v) is 19.5. The number of hydrogen-bond donors (Lipinski definition) is 1. The number of amides is 1. The number of carbonyl (C=O) groups is 2. The number of anilines is 1. The number of imidazole rings is 1. The molecule has 1 amide bonds. The largest absolute Gasteiger partial charge is 0.385 e. The van der Waals surface area contributed by atoms with Crippen molar-refractivity contribution in [2.45, 2.75) is 13.0 Å². The van der Waals surface area contributed by atoms with E-state index in [-0.39, 0.29) is 5.91 Å². The molecule has 0 saturated heterocycles. The number of benzene rings is 2. The van der Waals surface area contributed by atoms with Gasteiger partial charge in [-0.15, -0.1) is 0 Å². The number of fused-ring (bicyclic) bond motifs is 2. The number of aryl methyl sites for hydroxylation is 1. The summed E-state index contributed by atoms with van der Waals surface area (Å²) in [5, 5.41) is 13.9. The molecule has 5 aromatic rings. The average molecular weight is 479 g/mol. The Morgan fingerprint density at radius 3 is 2.56 bits per heavy atom. The standard InChI is InChI=1S/C27H22N6O3/c1-36-11-5-10-33-24-23(30-27(33)31-25(34)19-9-4-6-18(12-19)14-28)13-22(15-29-24)26(35)32-16-20-7-2-3-8-21(20)17-32/h2-4,6-9,12-13,15-17H,5,10-11H2,1H3,(H,30,31,34). The van der Waals surface area contributed by atoms with E-state index in [1.807, 2.05) is 30.3 Å². The van der Waals surface area contributed by atoms with E-state index in [0.717, 1.165) is 10.8 Å². The van der Waals surface area contributed by atoms with Crippen LogP contribution in [-0.2, 0) is 11.3 Å². The first-order valence-electron chi connectivity index (χ1n) is 11.4. The normalized spacial score (nSPS) is 11.0. The summed E-state index contributed by atoms with van der Waals surface area (Å²) in [6.07, 6.45) is 5.76. The van der Waals surface area contributed by atoms with Gasteiger partial charge in [0.2, 0.25) is 5.95 Å². The number of nitriles is 1. The lowest BCUT2D eigenvalue weighted by Crippen LogP contribution is -2.16. The van der Waals surface area contributed by atoms with Crippen LogP contribution in [0.1, 0.15) is 32.7 Å². The Hall–Kier alpha value is -4.81. The highest BCUT2D eigenvalue weighted by molar-refractivity contribution is 6.04. The maximum Gasteiger partial charge on any atom is 0.263 e. The van der Waals surface area contributed by atoms with Crippen molar-refractivity contribution in [2.24, 2.45) is 0 Å². The number of nitrogens with zero attached hydrogens (tertiary/aromatic N) is 5. The lowest BCUT2D eigenvalue weighted by Gasteiger charge is -2.10. The van der Waals surface area contributed by atoms with E-state index in [2.05, 4.69) is 15.3 Å². The molecule has 1 N–H and O–H groups in total. The van der Waals surface area contributed by atoms with Gasteiger partial charge >= 0.3 is 0 Å². The van der Waals surface area contributed by atoms with Crippen LogP contribution in [0.3, 0.4) is 0 Å². The van der Waals surface area contributed by atoms with Crippen molar-refractivity contribution in [2.75, 3.05) is 19.0 Å². The Kier molecular flexibility index (Phi) is 6.26. The Labute approximate surface area is 206 Å². The summed E-state index contributed by atoms with van der Waals surface area (Å²) in [6, 6.07) is 17.9. The van der Waals surface area contributed by atoms with Crippen LogP contribution < -0.4 is 5.32 Å². The molecule has 2 aromatic carbocycles. The molecule has 0 spiro atoms. The molecule has 0 aliphatic heterocycles. The molecule has 9 nitrogen and oxygen atoms in total. The van der Waals surface area contributed by atoms with E-state index in [4.69, 9.17) is 10.00 Å². The molecule has 5 rings (SSSR count). The number of aromatic nitrogens is 4. The van der Waals surface area contributed by atoms with Gasteiger partial charge in [-0.3, -0.25) is 24.0 Å². The van der Waals surface area contributed by atoms with Crippen LogP contribution in [0.2, 0.25) is 0 Å². The minimum atomic E-state index is -0.397. The Morgan fingerprint density at radius 2 is 1.83 bits per heavy atom. The topological polar surface area (TPSA) is 115 Å². The summed E-state index contributed by atoms with van der Waals surface area (Å²) in [6.45, 7) is 1.02. The smallest absolute Gasteiger partial charge is 0.263 e. The van der Waals surface area contributed by atoms with E-state index in [0.29, 0.717) is 53.4 Å². The summed E-state index contributed by atoms with van der Waals surface area (Å²) in [5.41, 5.74) is 2.13. The SMILES string of the molecule is COCCCn1c(NC(=O)c2cccc(C#N)c2)nc2cc(C(=O)n3cc4ccccc4c3)cnc21. The summed E-state index contributed by atoms with van der Waals surface area (Å²) in [7, 11) is 1.62. The number of methoxy groups -OCH3 is 1. The Bertz CT molecular complexity index is 1610. The fraction of sp³-hybridized carbons (Fsp3) is 0.148. The summed E-state index contributed by atoms with van der Waals surface area (Å²) < 4.78 is 8.50. The molecule has 0 atom stereocenters. The Morgan fingerprint density at radius 1 is 1.06 bits per heavy atom. The fourth-order valence-electron chi connectivity index (χ4n) is 4.06. The van der Waals surface area contributed by atoms with Crippen molar-refractivity contribution >= 4 is 39.7 Å². The third-order valence-corrected chi connectivity index (χ3v) is 5.83. The first kappa shape index (κ1) is 23.0. The van der Waals surface area contributed by atoms with Crippen molar-refractivity contribution in [3.05, 3.63) is 89.9 Å². The van der Waals surface area contributed by atoms with Crippen LogP contribution >= 0.6 is 0 Å². The van der Waals surface area contributed by atoms with Crippen LogP contribution in [0, 0.1) is 11.3 Å². The number of rotatable bonds is 7. The third-order valence-electron chi connectivity index (χ3n) is 5.83. The third kappa shape index (κ3) is 4.45. The van der Waals surface area contributed by atoms with Gasteiger partial charge in [0.1, 0.15) is 5.52 Å². The van der Waals surface area contributed by atoms with E-state index in [9.17, 15) is 9.59 Å². The van der Waals surface area contributed by atoms with Crippen LogP contribution in [0.25, 0.3) is 21.9 Å². The van der Waals surface area contributed by atoms with Crippen LogP contribution in [0.5, 0.6) is 0 Å². The molecule has 0 bridgehead atoms. The van der Waals surface area contributed by atoms with Crippen LogP contribution in [-0.4, -0.2) is 44.6 Å². The zero-order chi connectivity index (χ0) is 25.1. The van der Waals surface area contributed by atoms with Gasteiger partial charge in [0, 0.05) is 44.4 Å². The number of carbonyl (C=O) groups excluding carboxylic acids is 2. The highest BCUT2D eigenvalue weighted by Crippen LogP contribution is 2.22. The molecule has 178 valence electrons. The maximum atomic E-state index is 13.2. The minimum absolute atomic E-state index is 0.228. The number of ether oxygens (including phenoxy) is 1. The average Bonchev–Trinajstić information content (AvgIpc) is 3.49. The molecular formula is C27H22N6O3. The van der Waals surface area contributed by atoms with Crippen molar-refractivity contribution in [1.29, 1.82) is 5.26 Å². The first-order valence-corrected chi connectivity index (χ1v) is 11.4. The summed E-state index contributed by atoms with van der Waals surface area (Å²) in [4.78, 5) is 35.2. The molecule has 0 aliphatic rings. The van der Waals surface area contributed by atoms with Crippen molar-refractivity contribution < 1.29 is 14.3 Å². The second kappa shape index (κ2) is 9.82. The maximum absolute atomic E-state index is 13.2. The molecule has 0 radical (unpaired) electrons. The van der Waals surface area contributed by atoms with E-state index in [1.54, 1.807) is 48.3 Å². The second-order valence-corrected chi connectivity index (χ2v) is 8.25. The van der Waals surface area contributed by atoms with Gasteiger partial charge in [-0.2, -0.15) is 5.26 Å². The van der Waals surface area contributed by atoms with Gasteiger partial charge in [-0.05, 0) is 41.5 Å². The van der Waals surface area contributed by atoms with Crippen LogP contribution in [0.15, 0.2) is 73.2 Å². The van der Waals surface area contributed by atoms with E-state index >= 15 is 0 Å². The predicted molar refractivity (Wildman–Crippen MR) is 135 cm³/mol. The van der Waals surface area contributed by atoms with Crippen molar-refractivity contribution in [3.8, 4) is 6.07 Å². The fourth-order valence-corrected chi connectivity index (χ4v) is 4.06. The number of nitrogens with one attached hydrogen (secondary N) is 1. The highest BCUT2D eigenvalue weighted by atomic mass is 16.5. The van der Waals surface area contributed by atoms with Gasteiger partial charge in [-0.25, -0.2) is 9.97 Å². The Balaban J connectivity index is 1.49. The number of pyridine rings is 1. The van der Waals surface area contributed by atoms with Crippen molar-refractivity contribution in [1.82, 2.24) is 19.1 Å². The lowest BCUT2D eigenvalue weighted by molar-refractivity contribution is 0.0959. The van der Waals surface area contributed by atoms with E-state index < -0.39 is 5.91 Å². The summed E-state index contributed by atoms with van der Waals surface area (Å²) in [5.74, 6) is -0.323. The molecule has 3 heterocycles. The van der Waals surface area contributed by atoms with Gasteiger partial charge in [0.25, 0.3) is 11.8 Å². The van der Waals surface area contributed by atoms with Gasteiger partial charge in [-0.1, -0.05) is 30.3 Å². The molecular weight excluding hydrogens is 456 g/mol. The van der Waals surface area contributed by atoms with E-state index in [1.165, 1.54) is 16.8 Å².